The molecule has 0 saturated heterocycles. The third-order valence-corrected chi connectivity index (χ3v) is 13.1. The van der Waals surface area contributed by atoms with E-state index in [1.807, 2.05) is 0 Å². The molecule has 0 aromatic carbocycles. The molecule has 0 heterocycles. The van der Waals surface area contributed by atoms with Crippen LogP contribution >= 0.6 is 0 Å². The molecule has 0 amide bonds. The molecule has 0 radical (unpaired) electrons. The van der Waals surface area contributed by atoms with E-state index in [1.165, 1.54) is 25.7 Å². The van der Waals surface area contributed by atoms with Crippen LogP contribution in [0.15, 0.2) is 0 Å². The lowest BCUT2D eigenvalue weighted by atomic mass is 10.2. The van der Waals surface area contributed by atoms with Crippen LogP contribution in [0.5, 0.6) is 0 Å². The Kier molecular flexibility index (Phi) is 5.67. The van der Waals surface area contributed by atoms with Crippen LogP contribution in [0.25, 0.3) is 0 Å². The van der Waals surface area contributed by atoms with Crippen LogP contribution in [0, 0.1) is 0 Å². The maximum Gasteiger partial charge on any atom is 0.0447 e. The summed E-state index contributed by atoms with van der Waals surface area (Å²) in [7, 11) is -1.82. The molecule has 0 spiro atoms. The number of hydrogen-bond acceptors (Lipinski definition) is 0. The first kappa shape index (κ1) is 14.4. The van der Waals surface area contributed by atoms with E-state index in [-0.39, 0.29) is 0 Å². The second-order valence-corrected chi connectivity index (χ2v) is 18.2. The van der Waals surface area contributed by atoms with E-state index in [1.54, 1.807) is 0 Å². The fourth-order valence-corrected chi connectivity index (χ4v) is 15.3. The van der Waals surface area contributed by atoms with Gasteiger partial charge in [0.05, 0.1) is 0 Å². The highest BCUT2D eigenvalue weighted by Crippen LogP contribution is 2.36. The number of rotatable bonds is 6. The van der Waals surface area contributed by atoms with Gasteiger partial charge in [0.2, 0.25) is 0 Å². The third kappa shape index (κ3) is 5.35. The zero-order valence-corrected chi connectivity index (χ0v) is 13.4. The molecule has 0 aliphatic carbocycles. The van der Waals surface area contributed by atoms with Crippen molar-refractivity contribution in [3.05, 3.63) is 0 Å². The van der Waals surface area contributed by atoms with Crippen molar-refractivity contribution in [1.29, 1.82) is 0 Å². The Morgan fingerprint density at radius 1 is 0.786 bits per heavy atom. The molecule has 0 fully saturated rings. The van der Waals surface area contributed by atoms with Gasteiger partial charge >= 0.3 is 0 Å². The Balaban J connectivity index is 4.28. The first-order chi connectivity index (χ1) is 6.19. The summed E-state index contributed by atoms with van der Waals surface area (Å²) in [6.45, 7) is 17.6. The fraction of sp³-hybridized carbons (Fsp3) is 1.00. The molecule has 0 aliphatic rings. The quantitative estimate of drug-likeness (QED) is 0.437. The van der Waals surface area contributed by atoms with Crippen molar-refractivity contribution in [1.82, 2.24) is 0 Å². The second-order valence-electron chi connectivity index (χ2n) is 6.78. The summed E-state index contributed by atoms with van der Waals surface area (Å²) in [5, 5.41) is 1.11. The van der Waals surface area contributed by atoms with Crippen molar-refractivity contribution in [2.75, 3.05) is 0 Å². The Labute approximate surface area is 93.5 Å². The fourth-order valence-electron chi connectivity index (χ4n) is 2.76. The average Bonchev–Trinajstić information content (AvgIpc) is 1.92. The molecule has 0 bridgehead atoms. The van der Waals surface area contributed by atoms with Crippen LogP contribution < -0.4 is 0 Å². The van der Waals surface area contributed by atoms with Crippen LogP contribution in [-0.4, -0.2) is 16.1 Å². The maximum absolute atomic E-state index is 2.56. The van der Waals surface area contributed by atoms with Crippen LogP contribution in [0.4, 0.5) is 0 Å². The first-order valence-electron chi connectivity index (χ1n) is 6.19. The normalized spacial score (nSPS) is 13.7. The summed E-state index contributed by atoms with van der Waals surface area (Å²) < 4.78 is 0. The molecule has 0 atom stereocenters. The van der Waals surface area contributed by atoms with E-state index < -0.39 is 16.1 Å². The molecule has 0 unspecified atom stereocenters. The highest BCUT2D eigenvalue weighted by molar-refractivity contribution is 6.96. The molecule has 2 heteroatoms. The lowest BCUT2D eigenvalue weighted by Gasteiger charge is -2.38. The first-order valence-corrected chi connectivity index (χ1v) is 13.3. The molecule has 0 N–H and O–H groups in total. The molecule has 0 aromatic rings. The lowest BCUT2D eigenvalue weighted by Crippen LogP contribution is -2.43. The van der Waals surface area contributed by atoms with Gasteiger partial charge in [0.25, 0.3) is 0 Å². The molecule has 0 aliphatic heterocycles. The van der Waals surface area contributed by atoms with Crippen LogP contribution in [0.1, 0.15) is 32.6 Å². The molecule has 0 nitrogen and oxygen atoms in total. The number of unbranched alkanes of at least 4 members (excludes halogenated alkanes) is 2. The molecular formula is C12H30Si2. The van der Waals surface area contributed by atoms with Crippen molar-refractivity contribution >= 4 is 16.1 Å². The minimum Gasteiger partial charge on any atom is -0.0696 e. The summed E-state index contributed by atoms with van der Waals surface area (Å²) in [4.78, 5) is 0. The molecule has 0 rings (SSSR count). The maximum atomic E-state index is 2.56. The molecule has 86 valence electrons. The van der Waals surface area contributed by atoms with E-state index in [2.05, 4.69) is 46.2 Å². The predicted octanol–water partition coefficient (Wildman–Crippen LogP) is 5.15. The summed E-state index contributed by atoms with van der Waals surface area (Å²) in [5.41, 5.74) is 0. The third-order valence-electron chi connectivity index (χ3n) is 3.19. The highest BCUT2D eigenvalue weighted by atomic mass is 28.4. The smallest absolute Gasteiger partial charge is 0.0447 e. The van der Waals surface area contributed by atoms with Crippen LogP contribution in [0.3, 0.4) is 0 Å². The second kappa shape index (κ2) is 5.50. The van der Waals surface area contributed by atoms with Crippen molar-refractivity contribution in [3.8, 4) is 0 Å². The predicted molar refractivity (Wildman–Crippen MR) is 74.6 cm³/mol. The van der Waals surface area contributed by atoms with Gasteiger partial charge in [-0.05, 0) is 0 Å². The van der Waals surface area contributed by atoms with Gasteiger partial charge < -0.3 is 0 Å². The summed E-state index contributed by atoms with van der Waals surface area (Å²) in [5.74, 6) is 0. The van der Waals surface area contributed by atoms with Gasteiger partial charge in [-0.3, -0.25) is 0 Å². The van der Waals surface area contributed by atoms with Gasteiger partial charge in [0, 0.05) is 16.1 Å². The highest BCUT2D eigenvalue weighted by Gasteiger charge is 2.36. The topological polar surface area (TPSA) is 0 Å². The van der Waals surface area contributed by atoms with Gasteiger partial charge in [-0.1, -0.05) is 77.1 Å². The van der Waals surface area contributed by atoms with Crippen molar-refractivity contribution < 1.29 is 0 Å². The van der Waals surface area contributed by atoms with Crippen molar-refractivity contribution in [3.63, 3.8) is 0 Å². The van der Waals surface area contributed by atoms with Crippen molar-refractivity contribution in [2.24, 2.45) is 0 Å². The SMILES string of the molecule is CCCCCC([Si](C)(C)C)[Si](C)(C)C. The summed E-state index contributed by atoms with van der Waals surface area (Å²) >= 11 is 0. The van der Waals surface area contributed by atoms with Crippen LogP contribution in [0.2, 0.25) is 44.4 Å². The minimum atomic E-state index is -0.910. The van der Waals surface area contributed by atoms with Gasteiger partial charge in [-0.2, -0.15) is 0 Å². The molecule has 0 saturated carbocycles. The largest absolute Gasteiger partial charge is 0.0696 e. The van der Waals surface area contributed by atoms with Gasteiger partial charge in [-0.15, -0.1) is 0 Å². The molecular weight excluding hydrogens is 200 g/mol. The molecule has 14 heavy (non-hydrogen) atoms. The van der Waals surface area contributed by atoms with Crippen LogP contribution in [-0.2, 0) is 0 Å². The Morgan fingerprint density at radius 3 is 1.50 bits per heavy atom. The zero-order chi connectivity index (χ0) is 11.4. The van der Waals surface area contributed by atoms with Gasteiger partial charge in [0.15, 0.2) is 0 Å². The number of hydrogen-bond donors (Lipinski definition) is 0. The Morgan fingerprint density at radius 2 is 1.21 bits per heavy atom. The van der Waals surface area contributed by atoms with Crippen molar-refractivity contribution in [2.45, 2.75) is 77.1 Å². The lowest BCUT2D eigenvalue weighted by molar-refractivity contribution is 0.676. The summed E-state index contributed by atoms with van der Waals surface area (Å²) in [6.07, 6.45) is 5.78. The monoisotopic (exact) mass is 230 g/mol. The van der Waals surface area contributed by atoms with Gasteiger partial charge in [-0.25, -0.2) is 0 Å². The van der Waals surface area contributed by atoms with E-state index in [4.69, 9.17) is 0 Å². The van der Waals surface area contributed by atoms with E-state index in [9.17, 15) is 0 Å². The summed E-state index contributed by atoms with van der Waals surface area (Å²) in [6, 6.07) is 0. The Bertz CT molecular complexity index is 137. The van der Waals surface area contributed by atoms with E-state index in [0.29, 0.717) is 0 Å². The van der Waals surface area contributed by atoms with E-state index >= 15 is 0 Å². The zero-order valence-electron chi connectivity index (χ0n) is 11.4. The minimum absolute atomic E-state index is 0.910. The Hall–Kier alpha value is 0.434. The van der Waals surface area contributed by atoms with E-state index in [0.717, 1.165) is 5.16 Å². The standard InChI is InChI=1S/C12H30Si2/c1-8-9-10-11-12(13(2,3)4)14(5,6)7/h12H,8-11H2,1-7H3. The molecule has 0 aromatic heterocycles. The average molecular weight is 231 g/mol. The van der Waals surface area contributed by atoms with Gasteiger partial charge in [0.1, 0.15) is 0 Å².